The standard InChI is InChI=1S/C22H27N3O2S/c1-5-16-13-28-22-24-20(17-8-6-7-11-23-17)21(25(16)22)15-9-10-18(27-14(2)3)19(12-15)26-4/h6-12,14,16,20-21H,5,13H2,1-4H3/t16-,20-,21+/m0/s1. The number of thioether (sulfide) groups is 1. The van der Waals surface area contributed by atoms with Gasteiger partial charge in [0.05, 0.1) is 24.9 Å². The molecule has 0 saturated carbocycles. The zero-order chi connectivity index (χ0) is 19.7. The summed E-state index contributed by atoms with van der Waals surface area (Å²) in [4.78, 5) is 12.2. The van der Waals surface area contributed by atoms with Crippen LogP contribution in [-0.2, 0) is 0 Å². The molecule has 0 spiro atoms. The van der Waals surface area contributed by atoms with Gasteiger partial charge in [0.15, 0.2) is 16.7 Å². The van der Waals surface area contributed by atoms with Crippen LogP contribution in [0.25, 0.3) is 0 Å². The highest BCUT2D eigenvalue weighted by Gasteiger charge is 2.45. The van der Waals surface area contributed by atoms with Gasteiger partial charge in [-0.15, -0.1) is 0 Å². The first-order valence-electron chi connectivity index (χ1n) is 9.86. The summed E-state index contributed by atoms with van der Waals surface area (Å²) in [6, 6.07) is 12.9. The van der Waals surface area contributed by atoms with Crippen molar-refractivity contribution >= 4 is 16.9 Å². The number of rotatable bonds is 6. The highest BCUT2D eigenvalue weighted by molar-refractivity contribution is 8.14. The average Bonchev–Trinajstić information content (AvgIpc) is 3.27. The fourth-order valence-corrected chi connectivity index (χ4v) is 5.27. The number of hydrogen-bond donors (Lipinski definition) is 0. The largest absolute Gasteiger partial charge is 0.493 e. The van der Waals surface area contributed by atoms with Crippen LogP contribution in [0.2, 0.25) is 0 Å². The molecule has 2 aromatic rings. The van der Waals surface area contributed by atoms with Gasteiger partial charge in [-0.1, -0.05) is 30.8 Å². The lowest BCUT2D eigenvalue weighted by atomic mass is 9.95. The van der Waals surface area contributed by atoms with Crippen molar-refractivity contribution in [3.63, 3.8) is 0 Å². The molecule has 0 amide bonds. The molecular formula is C22H27N3O2S. The quantitative estimate of drug-likeness (QED) is 0.697. The number of aliphatic imine (C=N–C) groups is 1. The number of pyridine rings is 1. The normalized spacial score (nSPS) is 23.7. The molecule has 0 N–H and O–H groups in total. The molecule has 1 saturated heterocycles. The monoisotopic (exact) mass is 397 g/mol. The van der Waals surface area contributed by atoms with Gasteiger partial charge in [0.1, 0.15) is 6.04 Å². The highest BCUT2D eigenvalue weighted by Crippen LogP contribution is 2.49. The number of nitrogens with zero attached hydrogens (tertiary/aromatic N) is 3. The van der Waals surface area contributed by atoms with E-state index in [9.17, 15) is 0 Å². The second-order valence-corrected chi connectivity index (χ2v) is 8.40. The van der Waals surface area contributed by atoms with Crippen molar-refractivity contribution in [1.82, 2.24) is 9.88 Å². The number of methoxy groups -OCH3 is 1. The predicted octanol–water partition coefficient (Wildman–Crippen LogP) is 4.86. The molecule has 0 aliphatic carbocycles. The van der Waals surface area contributed by atoms with Crippen molar-refractivity contribution in [1.29, 1.82) is 0 Å². The van der Waals surface area contributed by atoms with Crippen LogP contribution < -0.4 is 9.47 Å². The van der Waals surface area contributed by atoms with E-state index >= 15 is 0 Å². The summed E-state index contributed by atoms with van der Waals surface area (Å²) in [5, 5.41) is 1.13. The SMILES string of the molecule is CC[C@H]1CSC2=N[C@@H](c3ccccn3)[C@@H](c3ccc(OC(C)C)c(OC)c3)N21. The van der Waals surface area contributed by atoms with Crippen LogP contribution in [0.4, 0.5) is 0 Å². The Morgan fingerprint density at radius 2 is 2.07 bits per heavy atom. The van der Waals surface area contributed by atoms with E-state index in [-0.39, 0.29) is 18.2 Å². The fourth-order valence-electron chi connectivity index (χ4n) is 3.93. The second-order valence-electron chi connectivity index (χ2n) is 7.41. The number of amidine groups is 1. The molecule has 5 nitrogen and oxygen atoms in total. The molecule has 4 rings (SSSR count). The molecule has 6 heteroatoms. The zero-order valence-electron chi connectivity index (χ0n) is 16.8. The van der Waals surface area contributed by atoms with Crippen LogP contribution in [0, 0.1) is 0 Å². The van der Waals surface area contributed by atoms with Crippen molar-refractivity contribution in [2.45, 2.75) is 51.4 Å². The lowest BCUT2D eigenvalue weighted by Crippen LogP contribution is -2.35. The first kappa shape index (κ1) is 19.1. The molecule has 3 heterocycles. The Morgan fingerprint density at radius 1 is 1.21 bits per heavy atom. The lowest BCUT2D eigenvalue weighted by molar-refractivity contribution is 0.228. The number of benzene rings is 1. The van der Waals surface area contributed by atoms with E-state index in [1.165, 1.54) is 5.56 Å². The molecule has 28 heavy (non-hydrogen) atoms. The fraction of sp³-hybridized carbons (Fsp3) is 0.455. The van der Waals surface area contributed by atoms with Gasteiger partial charge in [-0.25, -0.2) is 0 Å². The van der Waals surface area contributed by atoms with Crippen molar-refractivity contribution in [2.75, 3.05) is 12.9 Å². The van der Waals surface area contributed by atoms with Crippen molar-refractivity contribution in [2.24, 2.45) is 4.99 Å². The first-order chi connectivity index (χ1) is 13.6. The van der Waals surface area contributed by atoms with Crippen molar-refractivity contribution in [3.8, 4) is 11.5 Å². The Hall–Kier alpha value is -2.21. The smallest absolute Gasteiger partial charge is 0.161 e. The molecule has 1 aromatic carbocycles. The van der Waals surface area contributed by atoms with Gasteiger partial charge in [-0.3, -0.25) is 9.98 Å². The highest BCUT2D eigenvalue weighted by atomic mass is 32.2. The second kappa shape index (κ2) is 8.03. The van der Waals surface area contributed by atoms with Gasteiger partial charge in [0, 0.05) is 18.0 Å². The van der Waals surface area contributed by atoms with Gasteiger partial charge >= 0.3 is 0 Å². The maximum atomic E-state index is 5.91. The van der Waals surface area contributed by atoms with E-state index in [0.717, 1.165) is 34.5 Å². The van der Waals surface area contributed by atoms with E-state index < -0.39 is 0 Å². The summed E-state index contributed by atoms with van der Waals surface area (Å²) in [6.07, 6.45) is 3.05. The lowest BCUT2D eigenvalue weighted by Gasteiger charge is -2.32. The van der Waals surface area contributed by atoms with E-state index in [4.69, 9.17) is 14.5 Å². The summed E-state index contributed by atoms with van der Waals surface area (Å²) in [5.74, 6) is 2.63. The Kier molecular flexibility index (Phi) is 5.49. The van der Waals surface area contributed by atoms with Crippen LogP contribution in [-0.4, -0.2) is 40.1 Å². The van der Waals surface area contributed by atoms with Gasteiger partial charge in [-0.05, 0) is 50.1 Å². The Bertz CT molecular complexity index is 856. The van der Waals surface area contributed by atoms with Crippen LogP contribution >= 0.6 is 11.8 Å². The molecule has 2 aliphatic heterocycles. The number of hydrogen-bond acceptors (Lipinski definition) is 6. The first-order valence-corrected chi connectivity index (χ1v) is 10.8. The Morgan fingerprint density at radius 3 is 2.75 bits per heavy atom. The molecule has 0 unspecified atom stereocenters. The van der Waals surface area contributed by atoms with E-state index in [0.29, 0.717) is 6.04 Å². The minimum atomic E-state index is -0.0142. The predicted molar refractivity (Wildman–Crippen MR) is 114 cm³/mol. The third kappa shape index (κ3) is 3.46. The summed E-state index contributed by atoms with van der Waals surface area (Å²) >= 11 is 1.86. The maximum absolute atomic E-state index is 5.91. The average molecular weight is 398 g/mol. The number of fused-ring (bicyclic) bond motifs is 1. The molecule has 148 valence electrons. The number of aromatic nitrogens is 1. The van der Waals surface area contributed by atoms with Crippen LogP contribution in [0.1, 0.15) is 50.5 Å². The molecule has 1 aromatic heterocycles. The molecule has 2 aliphatic rings. The minimum absolute atomic E-state index is 0.0142. The minimum Gasteiger partial charge on any atom is -0.493 e. The molecule has 0 radical (unpaired) electrons. The molecular weight excluding hydrogens is 370 g/mol. The van der Waals surface area contributed by atoms with Gasteiger partial charge < -0.3 is 14.4 Å². The summed E-state index contributed by atoms with van der Waals surface area (Å²) < 4.78 is 11.6. The maximum Gasteiger partial charge on any atom is 0.161 e. The van der Waals surface area contributed by atoms with Gasteiger partial charge in [0.25, 0.3) is 0 Å². The summed E-state index contributed by atoms with van der Waals surface area (Å²) in [7, 11) is 1.69. The summed E-state index contributed by atoms with van der Waals surface area (Å²) in [6.45, 7) is 6.29. The van der Waals surface area contributed by atoms with Gasteiger partial charge in [0.2, 0.25) is 0 Å². The van der Waals surface area contributed by atoms with Crippen LogP contribution in [0.5, 0.6) is 11.5 Å². The molecule has 0 bridgehead atoms. The topological polar surface area (TPSA) is 47.0 Å². The third-order valence-electron chi connectivity index (χ3n) is 5.22. The van der Waals surface area contributed by atoms with Crippen molar-refractivity contribution in [3.05, 3.63) is 53.9 Å². The van der Waals surface area contributed by atoms with E-state index in [1.54, 1.807) is 7.11 Å². The van der Waals surface area contributed by atoms with E-state index in [2.05, 4.69) is 35.0 Å². The molecule has 3 atom stereocenters. The van der Waals surface area contributed by atoms with Crippen LogP contribution in [0.3, 0.4) is 0 Å². The van der Waals surface area contributed by atoms with E-state index in [1.807, 2.05) is 50.0 Å². The third-order valence-corrected chi connectivity index (χ3v) is 6.35. The Labute approximate surface area is 171 Å². The summed E-state index contributed by atoms with van der Waals surface area (Å²) in [5.41, 5.74) is 2.19. The van der Waals surface area contributed by atoms with Crippen LogP contribution in [0.15, 0.2) is 47.6 Å². The Balaban J connectivity index is 1.76. The number of ether oxygens (including phenoxy) is 2. The molecule has 1 fully saturated rings. The van der Waals surface area contributed by atoms with Gasteiger partial charge in [-0.2, -0.15) is 0 Å². The van der Waals surface area contributed by atoms with Crippen molar-refractivity contribution < 1.29 is 9.47 Å². The zero-order valence-corrected chi connectivity index (χ0v) is 17.6.